The molecule has 0 spiro atoms. The van der Waals surface area contributed by atoms with E-state index in [4.69, 9.17) is 4.74 Å². The van der Waals surface area contributed by atoms with Crippen molar-refractivity contribution in [3.8, 4) is 11.5 Å². The highest BCUT2D eigenvalue weighted by Crippen LogP contribution is 2.26. The van der Waals surface area contributed by atoms with Crippen LogP contribution in [-0.4, -0.2) is 19.2 Å². The predicted molar refractivity (Wildman–Crippen MR) is 77.9 cm³/mol. The standard InChI is InChI=1S/C16H19NO2/c1-12(18)13-7-9-15(10-8-13)19-16-6-4-5-14(11-16)17(2)3/h4-12,18H,1-3H3. The molecule has 100 valence electrons. The summed E-state index contributed by atoms with van der Waals surface area (Å²) in [4.78, 5) is 2.03. The molecule has 2 aromatic carbocycles. The highest BCUT2D eigenvalue weighted by molar-refractivity contribution is 5.50. The monoisotopic (exact) mass is 257 g/mol. The molecular weight excluding hydrogens is 238 g/mol. The quantitative estimate of drug-likeness (QED) is 0.908. The molecule has 0 aliphatic carbocycles. The molecule has 3 heteroatoms. The summed E-state index contributed by atoms with van der Waals surface area (Å²) in [6.45, 7) is 1.75. The van der Waals surface area contributed by atoms with Crippen LogP contribution in [0.4, 0.5) is 5.69 Å². The maximum absolute atomic E-state index is 9.46. The molecule has 1 N–H and O–H groups in total. The number of nitrogens with zero attached hydrogens (tertiary/aromatic N) is 1. The minimum absolute atomic E-state index is 0.453. The molecule has 0 bridgehead atoms. The fraction of sp³-hybridized carbons (Fsp3) is 0.250. The lowest BCUT2D eigenvalue weighted by Crippen LogP contribution is -2.08. The van der Waals surface area contributed by atoms with Gasteiger partial charge in [0.15, 0.2) is 0 Å². The number of hydrogen-bond donors (Lipinski definition) is 1. The molecule has 0 saturated heterocycles. The maximum Gasteiger partial charge on any atom is 0.129 e. The largest absolute Gasteiger partial charge is 0.457 e. The van der Waals surface area contributed by atoms with Crippen molar-refractivity contribution >= 4 is 5.69 Å². The van der Waals surface area contributed by atoms with Crippen LogP contribution >= 0.6 is 0 Å². The number of anilines is 1. The molecule has 0 aliphatic rings. The first kappa shape index (κ1) is 13.4. The second kappa shape index (κ2) is 5.76. The van der Waals surface area contributed by atoms with Gasteiger partial charge in [-0.1, -0.05) is 18.2 Å². The van der Waals surface area contributed by atoms with Crippen LogP contribution in [0.3, 0.4) is 0 Å². The first-order valence-corrected chi connectivity index (χ1v) is 6.29. The van der Waals surface area contributed by atoms with Gasteiger partial charge in [0.2, 0.25) is 0 Å². The molecule has 0 saturated carbocycles. The summed E-state index contributed by atoms with van der Waals surface area (Å²) in [5, 5.41) is 9.46. The van der Waals surface area contributed by atoms with Crippen molar-refractivity contribution in [3.63, 3.8) is 0 Å². The van der Waals surface area contributed by atoms with E-state index in [0.717, 1.165) is 22.7 Å². The number of aliphatic hydroxyl groups excluding tert-OH is 1. The van der Waals surface area contributed by atoms with Crippen molar-refractivity contribution in [1.82, 2.24) is 0 Å². The Hall–Kier alpha value is -2.00. The van der Waals surface area contributed by atoms with Crippen molar-refractivity contribution in [1.29, 1.82) is 0 Å². The van der Waals surface area contributed by atoms with Gasteiger partial charge < -0.3 is 14.7 Å². The fourth-order valence-corrected chi connectivity index (χ4v) is 1.78. The first-order chi connectivity index (χ1) is 9.06. The third-order valence-corrected chi connectivity index (χ3v) is 2.93. The zero-order valence-electron chi connectivity index (χ0n) is 11.5. The van der Waals surface area contributed by atoms with Gasteiger partial charge in [-0.2, -0.15) is 0 Å². The van der Waals surface area contributed by atoms with Crippen molar-refractivity contribution in [2.75, 3.05) is 19.0 Å². The molecule has 3 nitrogen and oxygen atoms in total. The molecule has 0 aromatic heterocycles. The molecule has 0 aliphatic heterocycles. The number of hydrogen-bond acceptors (Lipinski definition) is 3. The van der Waals surface area contributed by atoms with Gasteiger partial charge in [0.1, 0.15) is 11.5 Å². The third-order valence-electron chi connectivity index (χ3n) is 2.93. The van der Waals surface area contributed by atoms with Gasteiger partial charge in [0.05, 0.1) is 6.10 Å². The van der Waals surface area contributed by atoms with Gasteiger partial charge in [-0.05, 0) is 36.8 Å². The summed E-state index contributed by atoms with van der Waals surface area (Å²) >= 11 is 0. The Morgan fingerprint density at radius 2 is 1.68 bits per heavy atom. The van der Waals surface area contributed by atoms with Gasteiger partial charge in [0, 0.05) is 25.8 Å². The Kier molecular flexibility index (Phi) is 4.07. The van der Waals surface area contributed by atoms with Crippen LogP contribution in [-0.2, 0) is 0 Å². The summed E-state index contributed by atoms with van der Waals surface area (Å²) < 4.78 is 5.80. The number of ether oxygens (including phenoxy) is 1. The highest BCUT2D eigenvalue weighted by atomic mass is 16.5. The first-order valence-electron chi connectivity index (χ1n) is 6.29. The summed E-state index contributed by atoms with van der Waals surface area (Å²) in [7, 11) is 3.99. The molecular formula is C16H19NO2. The molecule has 1 atom stereocenters. The van der Waals surface area contributed by atoms with Gasteiger partial charge in [-0.25, -0.2) is 0 Å². The third kappa shape index (κ3) is 3.48. The van der Waals surface area contributed by atoms with Gasteiger partial charge in [-0.3, -0.25) is 0 Å². The van der Waals surface area contributed by atoms with E-state index in [2.05, 4.69) is 0 Å². The van der Waals surface area contributed by atoms with Crippen LogP contribution in [0.1, 0.15) is 18.6 Å². The predicted octanol–water partition coefficient (Wildman–Crippen LogP) is 3.60. The van der Waals surface area contributed by atoms with E-state index >= 15 is 0 Å². The van der Waals surface area contributed by atoms with Gasteiger partial charge in [0.25, 0.3) is 0 Å². The summed E-state index contributed by atoms with van der Waals surface area (Å²) in [5.41, 5.74) is 1.98. The van der Waals surface area contributed by atoms with Crippen molar-refractivity contribution < 1.29 is 9.84 Å². The van der Waals surface area contributed by atoms with E-state index in [1.54, 1.807) is 6.92 Å². The van der Waals surface area contributed by atoms with Crippen LogP contribution in [0.15, 0.2) is 48.5 Å². The number of rotatable bonds is 4. The SMILES string of the molecule is CC(O)c1ccc(Oc2cccc(N(C)C)c2)cc1. The van der Waals surface area contributed by atoms with E-state index in [1.807, 2.05) is 67.5 Å². The molecule has 0 radical (unpaired) electrons. The van der Waals surface area contributed by atoms with Crippen molar-refractivity contribution in [3.05, 3.63) is 54.1 Å². The molecule has 1 unspecified atom stereocenters. The van der Waals surface area contributed by atoms with E-state index in [0.29, 0.717) is 0 Å². The minimum atomic E-state index is -0.453. The lowest BCUT2D eigenvalue weighted by atomic mass is 10.1. The van der Waals surface area contributed by atoms with E-state index in [1.165, 1.54) is 0 Å². The van der Waals surface area contributed by atoms with Crippen molar-refractivity contribution in [2.24, 2.45) is 0 Å². The number of aliphatic hydroxyl groups is 1. The van der Waals surface area contributed by atoms with Crippen LogP contribution in [0.2, 0.25) is 0 Å². The molecule has 2 aromatic rings. The lowest BCUT2D eigenvalue weighted by molar-refractivity contribution is 0.199. The highest BCUT2D eigenvalue weighted by Gasteiger charge is 2.03. The molecule has 19 heavy (non-hydrogen) atoms. The van der Waals surface area contributed by atoms with Gasteiger partial charge in [-0.15, -0.1) is 0 Å². The van der Waals surface area contributed by atoms with Crippen LogP contribution < -0.4 is 9.64 Å². The Bertz CT molecular complexity index is 533. The van der Waals surface area contributed by atoms with Gasteiger partial charge >= 0.3 is 0 Å². The lowest BCUT2D eigenvalue weighted by Gasteiger charge is -2.14. The number of benzene rings is 2. The zero-order valence-corrected chi connectivity index (χ0v) is 11.5. The average molecular weight is 257 g/mol. The molecule has 0 fully saturated rings. The minimum Gasteiger partial charge on any atom is -0.457 e. The Morgan fingerprint density at radius 3 is 2.26 bits per heavy atom. The van der Waals surface area contributed by atoms with Crippen molar-refractivity contribution in [2.45, 2.75) is 13.0 Å². The Balaban J connectivity index is 2.14. The Labute approximate surface area is 114 Å². The van der Waals surface area contributed by atoms with E-state index in [-0.39, 0.29) is 0 Å². The molecule has 0 heterocycles. The van der Waals surface area contributed by atoms with Crippen LogP contribution in [0.5, 0.6) is 11.5 Å². The smallest absolute Gasteiger partial charge is 0.129 e. The maximum atomic E-state index is 9.46. The molecule has 2 rings (SSSR count). The topological polar surface area (TPSA) is 32.7 Å². The van der Waals surface area contributed by atoms with Crippen LogP contribution in [0.25, 0.3) is 0 Å². The second-order valence-electron chi connectivity index (χ2n) is 4.74. The summed E-state index contributed by atoms with van der Waals surface area (Å²) in [6.07, 6.45) is -0.453. The van der Waals surface area contributed by atoms with E-state index < -0.39 is 6.10 Å². The summed E-state index contributed by atoms with van der Waals surface area (Å²) in [5.74, 6) is 1.57. The zero-order chi connectivity index (χ0) is 13.8. The second-order valence-corrected chi connectivity index (χ2v) is 4.74. The fourth-order valence-electron chi connectivity index (χ4n) is 1.78. The normalized spacial score (nSPS) is 12.0. The van der Waals surface area contributed by atoms with Crippen LogP contribution in [0, 0.1) is 0 Å². The Morgan fingerprint density at radius 1 is 1.00 bits per heavy atom. The average Bonchev–Trinajstić information content (AvgIpc) is 2.39. The summed E-state index contributed by atoms with van der Waals surface area (Å²) in [6, 6.07) is 15.4. The van der Waals surface area contributed by atoms with E-state index in [9.17, 15) is 5.11 Å². The molecule has 0 amide bonds.